The molecule has 19 nitrogen and oxygen atoms in total. The summed E-state index contributed by atoms with van der Waals surface area (Å²) >= 11 is 0. The predicted molar refractivity (Wildman–Crippen MR) is 375 cm³/mol. The lowest BCUT2D eigenvalue weighted by molar-refractivity contribution is -0.327. The topological polar surface area (TPSA) is 222 Å². The molecule has 0 atom stereocenters. The van der Waals surface area contributed by atoms with Crippen LogP contribution < -0.4 is 0 Å². The summed E-state index contributed by atoms with van der Waals surface area (Å²) in [5, 5.41) is 0. The molecule has 566 valence electrons. The zero-order valence-electron chi connectivity index (χ0n) is 60.4. The number of carbonyl (C=O) groups is 4. The first-order valence-electron chi connectivity index (χ1n) is 31.3. The molecular formula is C73H112F6O19S. The van der Waals surface area contributed by atoms with Gasteiger partial charge in [-0.25, -0.2) is 22.8 Å². The van der Waals surface area contributed by atoms with E-state index < -0.39 is 61.8 Å². The van der Waals surface area contributed by atoms with Gasteiger partial charge in [0.25, 0.3) is 0 Å². The average Bonchev–Trinajstić information content (AvgIpc) is 0.798. The number of halogens is 6. The van der Waals surface area contributed by atoms with Gasteiger partial charge in [0.1, 0.15) is 36.3 Å². The van der Waals surface area contributed by atoms with Gasteiger partial charge in [0.15, 0.2) is 11.2 Å². The monoisotopic (exact) mass is 1440 g/mol. The van der Waals surface area contributed by atoms with E-state index in [0.717, 1.165) is 12.5 Å². The van der Waals surface area contributed by atoms with Crippen molar-refractivity contribution in [3.05, 3.63) is 172 Å². The van der Waals surface area contributed by atoms with Crippen LogP contribution in [0.2, 0.25) is 0 Å². The van der Waals surface area contributed by atoms with Crippen molar-refractivity contribution in [2.24, 2.45) is 27.1 Å². The van der Waals surface area contributed by atoms with Crippen molar-refractivity contribution in [1.82, 2.24) is 0 Å². The number of carbonyl (C=O) groups excluding carboxylic acids is 4. The van der Waals surface area contributed by atoms with E-state index in [4.69, 9.17) is 56.8 Å². The quantitative estimate of drug-likeness (QED) is 0.0150. The predicted octanol–water partition coefficient (Wildman–Crippen LogP) is 14.2. The highest BCUT2D eigenvalue weighted by molar-refractivity contribution is 7.89. The lowest BCUT2D eigenvalue weighted by Gasteiger charge is -2.32. The smallest absolute Gasteiger partial charge is 0.402 e. The van der Waals surface area contributed by atoms with Gasteiger partial charge in [-0.2, -0.15) is 26.3 Å². The minimum absolute atomic E-state index is 0.000964. The van der Waals surface area contributed by atoms with Gasteiger partial charge in [-0.05, 0) is 55.7 Å². The zero-order chi connectivity index (χ0) is 76.7. The van der Waals surface area contributed by atoms with Crippen molar-refractivity contribution in [2.45, 2.75) is 74.2 Å². The molecule has 0 aliphatic rings. The van der Waals surface area contributed by atoms with Crippen molar-refractivity contribution >= 4 is 33.5 Å². The molecule has 2 rings (SSSR count). The number of benzene rings is 2. The molecule has 0 fully saturated rings. The lowest BCUT2D eigenvalue weighted by atomic mass is 9.92. The molecule has 0 saturated heterocycles. The molecule has 0 bridgehead atoms. The van der Waals surface area contributed by atoms with Crippen molar-refractivity contribution < 1.29 is 116 Å². The van der Waals surface area contributed by atoms with Gasteiger partial charge < -0.3 is 61.6 Å². The van der Waals surface area contributed by atoms with Gasteiger partial charge in [0.05, 0.1) is 145 Å². The minimum Gasteiger partial charge on any atom is -0.461 e. The molecule has 0 radical (unpaired) electrons. The summed E-state index contributed by atoms with van der Waals surface area (Å²) in [5.41, 5.74) is -5.10. The molecule has 0 unspecified atom stereocenters. The second-order valence-electron chi connectivity index (χ2n) is 24.6. The van der Waals surface area contributed by atoms with Crippen LogP contribution in [0.3, 0.4) is 0 Å². The zero-order valence-corrected chi connectivity index (χ0v) is 61.2. The summed E-state index contributed by atoms with van der Waals surface area (Å²) in [5.74, 6) is -2.36. The Bertz CT molecular complexity index is 2590. The maximum Gasteiger partial charge on any atom is 0.402 e. The number of hydrogen-bond donors (Lipinski definition) is 0. The number of rotatable bonds is 46. The van der Waals surface area contributed by atoms with E-state index in [1.807, 2.05) is 0 Å². The molecule has 0 aliphatic heterocycles. The van der Waals surface area contributed by atoms with Gasteiger partial charge >= 0.3 is 30.3 Å². The molecule has 0 aliphatic carbocycles. The Labute approximate surface area is 585 Å². The summed E-state index contributed by atoms with van der Waals surface area (Å²) in [7, 11) is 0.583. The summed E-state index contributed by atoms with van der Waals surface area (Å²) < 4.78 is 163. The second-order valence-corrected chi connectivity index (χ2v) is 26.9. The standard InChI is InChI=1S/C56H74O16.C5H6F6.C5H12.C3H8.C2H6O2S.C2H6O/c1-9-25-61-34-54(35-62-26-10-2,36-63-27-11-3)43-70-51(58)47-19-17-46(18-20-47)50(57)33-69-42-56(40-67-31-15-7,41-68-32-16-8)45-72-53(60)49-23-21-48(22-24-49)52(59)71-44-55(37-64-28-12-4,38-65-29-13-5)39-66-30-14-6;1-3(2,4(6,7)8)5(9,10)11;1-5(2,3)4;1-3-2;1-5(2,3)4;1-3-2/h9-24H,1-8,25-45H2;1-2H3;1-4H3;3H2,1-2H3;1-2H3;1-2H3. The van der Waals surface area contributed by atoms with Crippen LogP contribution in [0.15, 0.2) is 150 Å². The highest BCUT2D eigenvalue weighted by atomic mass is 32.2. The summed E-state index contributed by atoms with van der Waals surface area (Å²) in [4.78, 5) is 53.4. The van der Waals surface area contributed by atoms with Crippen molar-refractivity contribution in [3.63, 3.8) is 0 Å². The molecule has 0 saturated carbocycles. The highest BCUT2D eigenvalue weighted by Crippen LogP contribution is 2.49. The number of sulfone groups is 1. The third-order valence-electron chi connectivity index (χ3n) is 11.5. The van der Waals surface area contributed by atoms with Gasteiger partial charge in [-0.1, -0.05) is 109 Å². The van der Waals surface area contributed by atoms with Crippen LogP contribution in [-0.4, -0.2) is 210 Å². The highest BCUT2D eigenvalue weighted by Gasteiger charge is 2.64. The third-order valence-corrected chi connectivity index (χ3v) is 11.5. The number of esters is 3. The SMILES string of the molecule is C=CCOCC(COCC=C)(COCC=C)COC(=O)c1ccc(C(=O)COCC(COCC=C)(COCC=C)COC(=O)c2ccc(C(=O)OCC(COCC=C)(COCC=C)COCC=C)cc2)cc1.CC(C)(C(F)(F)F)C(F)(F)F.CC(C)(C)C.CCC.COC.CS(C)(=O)=O. The third kappa shape index (κ3) is 50.5. The molecular weight excluding hydrogens is 1330 g/mol. The molecule has 26 heteroatoms. The number of hydrogen-bond acceptors (Lipinski definition) is 19. The first-order chi connectivity index (χ1) is 46.3. The van der Waals surface area contributed by atoms with E-state index in [0.29, 0.717) is 5.41 Å². The maximum absolute atomic E-state index is 13.5. The van der Waals surface area contributed by atoms with Crippen LogP contribution in [0, 0.1) is 27.1 Å². The number of methoxy groups -OCH3 is 1. The first kappa shape index (κ1) is 98.9. The Kier molecular flexibility index (Phi) is 55.2. The second kappa shape index (κ2) is 55.3. The van der Waals surface area contributed by atoms with Gasteiger partial charge in [-0.3, -0.25) is 4.79 Å². The normalized spacial score (nSPS) is 11.6. The first-order valence-corrected chi connectivity index (χ1v) is 33.6. The lowest BCUT2D eigenvalue weighted by Crippen LogP contribution is -2.44. The average molecular weight is 1440 g/mol. The Morgan fingerprint density at radius 1 is 0.374 bits per heavy atom. The van der Waals surface area contributed by atoms with Crippen LogP contribution in [0.25, 0.3) is 0 Å². The van der Waals surface area contributed by atoms with E-state index in [2.05, 4.69) is 98.9 Å². The van der Waals surface area contributed by atoms with Crippen LogP contribution in [0.4, 0.5) is 26.3 Å². The molecule has 0 aromatic heterocycles. The number of ether oxygens (including phenoxy) is 13. The van der Waals surface area contributed by atoms with Gasteiger partial charge in [0.2, 0.25) is 0 Å². The summed E-state index contributed by atoms with van der Waals surface area (Å²) in [6.07, 6.45) is 5.87. The Morgan fingerprint density at radius 2 is 0.535 bits per heavy atom. The number of ketones is 1. The number of alkyl halides is 6. The van der Waals surface area contributed by atoms with E-state index in [9.17, 15) is 53.9 Å². The van der Waals surface area contributed by atoms with E-state index in [1.165, 1.54) is 55.0 Å². The molecule has 0 amide bonds. The van der Waals surface area contributed by atoms with Gasteiger partial charge in [-0.15, -0.1) is 52.6 Å². The maximum atomic E-state index is 13.5. The minimum atomic E-state index is -5.24. The fourth-order valence-corrected chi connectivity index (χ4v) is 6.66. The molecule has 2 aromatic rings. The van der Waals surface area contributed by atoms with Crippen molar-refractivity contribution in [3.8, 4) is 0 Å². The Balaban J connectivity index is -0.00000140. The van der Waals surface area contributed by atoms with E-state index >= 15 is 0 Å². The van der Waals surface area contributed by atoms with Crippen LogP contribution >= 0.6 is 0 Å². The van der Waals surface area contributed by atoms with Crippen molar-refractivity contribution in [2.75, 3.05) is 165 Å². The number of Topliss-reactive ketones (excluding diaryl/α,β-unsaturated/α-hetero) is 1. The fraction of sp³-hybridized carbons (Fsp3) is 0.562. The van der Waals surface area contributed by atoms with Crippen LogP contribution in [0.5, 0.6) is 0 Å². The van der Waals surface area contributed by atoms with Crippen LogP contribution in [-0.2, 0) is 71.4 Å². The molecule has 2 aromatic carbocycles. The van der Waals surface area contributed by atoms with Gasteiger partial charge in [0, 0.05) is 32.3 Å². The van der Waals surface area contributed by atoms with E-state index in [-0.39, 0.29) is 181 Å². The molecule has 0 N–H and O–H groups in total. The summed E-state index contributed by atoms with van der Waals surface area (Å²) in [6.45, 7) is 44.7. The molecule has 0 spiro atoms. The van der Waals surface area contributed by atoms with E-state index in [1.54, 1.807) is 62.8 Å². The fourth-order valence-electron chi connectivity index (χ4n) is 6.66. The Morgan fingerprint density at radius 3 is 0.687 bits per heavy atom. The van der Waals surface area contributed by atoms with Crippen molar-refractivity contribution in [1.29, 1.82) is 0 Å². The molecule has 99 heavy (non-hydrogen) atoms. The molecule has 0 heterocycles. The summed E-state index contributed by atoms with van der Waals surface area (Å²) in [6, 6.07) is 11.8. The van der Waals surface area contributed by atoms with Crippen LogP contribution in [0.1, 0.15) is 103 Å². The Hall–Kier alpha value is -6.43. The largest absolute Gasteiger partial charge is 0.461 e.